The lowest BCUT2D eigenvalue weighted by Gasteiger charge is -2.23. The monoisotopic (exact) mass is 416 g/mol. The van der Waals surface area contributed by atoms with E-state index in [9.17, 15) is 17.6 Å². The molecule has 0 spiro atoms. The lowest BCUT2D eigenvalue weighted by molar-refractivity contribution is -0.120. The normalized spacial score (nSPS) is 21.5. The van der Waals surface area contributed by atoms with Gasteiger partial charge in [0.25, 0.3) is 0 Å². The molecule has 1 fully saturated rings. The number of rotatable bonds is 6. The summed E-state index contributed by atoms with van der Waals surface area (Å²) in [6, 6.07) is 6.23. The predicted molar refractivity (Wildman–Crippen MR) is 100 cm³/mol. The number of carbonyl (C=O) groups excluding carboxylic acids is 1. The van der Waals surface area contributed by atoms with Crippen molar-refractivity contribution in [1.82, 2.24) is 15.5 Å². The smallest absolute Gasteiger partial charge is 0.230 e. The maximum Gasteiger partial charge on any atom is 0.230 e. The van der Waals surface area contributed by atoms with Gasteiger partial charge in [0, 0.05) is 0 Å². The van der Waals surface area contributed by atoms with Gasteiger partial charge >= 0.3 is 0 Å². The van der Waals surface area contributed by atoms with Crippen LogP contribution in [0.3, 0.4) is 0 Å². The van der Waals surface area contributed by atoms with Crippen molar-refractivity contribution in [3.8, 4) is 0 Å². The Morgan fingerprint density at radius 3 is 2.85 bits per heavy atom. The summed E-state index contributed by atoms with van der Waals surface area (Å²) in [6.07, 6.45) is 0.418. The Morgan fingerprint density at radius 1 is 1.38 bits per heavy atom. The van der Waals surface area contributed by atoms with Gasteiger partial charge < -0.3 is 10.6 Å². The van der Waals surface area contributed by atoms with Crippen LogP contribution in [-0.2, 0) is 14.6 Å². The zero-order chi connectivity index (χ0) is 18.8. The molecule has 1 aromatic carbocycles. The first kappa shape index (κ1) is 19.1. The van der Waals surface area contributed by atoms with Crippen LogP contribution in [0, 0.1) is 5.82 Å². The highest BCUT2D eigenvalue weighted by molar-refractivity contribution is 8.01. The third-order valence-electron chi connectivity index (χ3n) is 3.79. The fraction of sp³-hybridized carbons (Fsp3) is 0.400. The van der Waals surface area contributed by atoms with Crippen LogP contribution in [0.1, 0.15) is 13.3 Å². The Kier molecular flexibility index (Phi) is 5.49. The number of thioether (sulfide) groups is 1. The van der Waals surface area contributed by atoms with Crippen LogP contribution < -0.4 is 10.6 Å². The summed E-state index contributed by atoms with van der Waals surface area (Å²) in [5.41, 5.74) is -0.414. The van der Waals surface area contributed by atoms with Crippen molar-refractivity contribution in [2.75, 3.05) is 22.6 Å². The molecule has 2 heterocycles. The highest BCUT2D eigenvalue weighted by atomic mass is 32.2. The molecule has 1 aliphatic heterocycles. The van der Waals surface area contributed by atoms with Crippen molar-refractivity contribution in [3.63, 3.8) is 0 Å². The van der Waals surface area contributed by atoms with Crippen LogP contribution in [0.2, 0.25) is 0 Å². The second kappa shape index (κ2) is 7.49. The molecule has 1 saturated heterocycles. The number of sulfone groups is 1. The molecular formula is C15H17FN4O3S3. The van der Waals surface area contributed by atoms with E-state index in [1.165, 1.54) is 29.2 Å². The molecular weight excluding hydrogens is 399 g/mol. The second-order valence-corrected chi connectivity index (χ2v) is 10.6. The molecule has 0 radical (unpaired) electrons. The van der Waals surface area contributed by atoms with E-state index in [-0.39, 0.29) is 23.2 Å². The largest absolute Gasteiger partial charge is 0.349 e. The summed E-state index contributed by atoms with van der Waals surface area (Å²) < 4.78 is 37.3. The summed E-state index contributed by atoms with van der Waals surface area (Å²) in [7, 11) is -3.08. The van der Waals surface area contributed by atoms with Crippen molar-refractivity contribution in [2.24, 2.45) is 0 Å². The van der Waals surface area contributed by atoms with E-state index in [0.717, 1.165) is 0 Å². The SMILES string of the molecule is CC1(NC(=O)CSc2nnc(Nc3ccccc3F)s2)CCS(=O)(=O)C1. The number of halogens is 1. The van der Waals surface area contributed by atoms with E-state index >= 15 is 0 Å². The van der Waals surface area contributed by atoms with Crippen LogP contribution in [-0.4, -0.2) is 47.3 Å². The molecule has 1 unspecified atom stereocenters. The molecule has 0 bridgehead atoms. The van der Waals surface area contributed by atoms with Gasteiger partial charge in [0.15, 0.2) is 14.2 Å². The summed E-state index contributed by atoms with van der Waals surface area (Å²) >= 11 is 2.40. The van der Waals surface area contributed by atoms with Crippen LogP contribution in [0.4, 0.5) is 15.2 Å². The molecule has 1 atom stereocenters. The van der Waals surface area contributed by atoms with Crippen LogP contribution in [0.5, 0.6) is 0 Å². The minimum absolute atomic E-state index is 0.0358. The first-order valence-electron chi connectivity index (χ1n) is 7.74. The zero-order valence-corrected chi connectivity index (χ0v) is 16.3. The Morgan fingerprint density at radius 2 is 2.15 bits per heavy atom. The first-order valence-corrected chi connectivity index (χ1v) is 11.4. The molecule has 0 saturated carbocycles. The number of anilines is 2. The average Bonchev–Trinajstić information content (AvgIpc) is 3.11. The Hall–Kier alpha value is -1.72. The fourth-order valence-corrected chi connectivity index (χ4v) is 6.26. The van der Waals surface area contributed by atoms with E-state index < -0.39 is 21.2 Å². The molecule has 1 aromatic heterocycles. The van der Waals surface area contributed by atoms with Gasteiger partial charge in [-0.25, -0.2) is 12.8 Å². The predicted octanol–water partition coefficient (Wildman–Crippen LogP) is 2.21. The third-order valence-corrected chi connectivity index (χ3v) is 7.67. The molecule has 3 rings (SSSR count). The van der Waals surface area contributed by atoms with E-state index in [1.807, 2.05) is 0 Å². The number of para-hydroxylation sites is 1. The van der Waals surface area contributed by atoms with Crippen LogP contribution in [0.25, 0.3) is 0 Å². The molecule has 2 N–H and O–H groups in total. The van der Waals surface area contributed by atoms with Gasteiger partial charge in [-0.3, -0.25) is 4.79 Å². The molecule has 2 aromatic rings. The number of carbonyl (C=O) groups is 1. The van der Waals surface area contributed by atoms with Gasteiger partial charge in [-0.2, -0.15) is 0 Å². The first-order chi connectivity index (χ1) is 12.2. The molecule has 7 nitrogen and oxygen atoms in total. The van der Waals surface area contributed by atoms with Crippen molar-refractivity contribution in [2.45, 2.75) is 23.2 Å². The van der Waals surface area contributed by atoms with Crippen molar-refractivity contribution < 1.29 is 17.6 Å². The molecule has 26 heavy (non-hydrogen) atoms. The van der Waals surface area contributed by atoms with Crippen LogP contribution >= 0.6 is 23.1 Å². The third kappa shape index (κ3) is 4.92. The second-order valence-electron chi connectivity index (χ2n) is 6.22. The van der Waals surface area contributed by atoms with E-state index in [1.54, 1.807) is 25.1 Å². The maximum absolute atomic E-state index is 13.6. The van der Waals surface area contributed by atoms with Gasteiger partial charge in [-0.15, -0.1) is 10.2 Å². The van der Waals surface area contributed by atoms with E-state index in [4.69, 9.17) is 0 Å². The minimum Gasteiger partial charge on any atom is -0.349 e. The number of nitrogens with zero attached hydrogens (tertiary/aromatic N) is 2. The Bertz CT molecular complexity index is 918. The summed E-state index contributed by atoms with van der Waals surface area (Å²) in [5.74, 6) is -0.488. The average molecular weight is 417 g/mol. The number of nitrogens with one attached hydrogen (secondary N) is 2. The molecule has 0 aliphatic carbocycles. The van der Waals surface area contributed by atoms with Gasteiger partial charge in [-0.05, 0) is 25.5 Å². The summed E-state index contributed by atoms with van der Waals surface area (Å²) in [4.78, 5) is 12.1. The summed E-state index contributed by atoms with van der Waals surface area (Å²) in [6.45, 7) is 1.74. The minimum atomic E-state index is -3.08. The topological polar surface area (TPSA) is 101 Å². The Labute approximate surface area is 158 Å². The fourth-order valence-electron chi connectivity index (χ4n) is 2.61. The zero-order valence-electron chi connectivity index (χ0n) is 13.9. The molecule has 1 amide bonds. The van der Waals surface area contributed by atoms with E-state index in [0.29, 0.717) is 21.6 Å². The van der Waals surface area contributed by atoms with Crippen molar-refractivity contribution in [3.05, 3.63) is 30.1 Å². The lowest BCUT2D eigenvalue weighted by Crippen LogP contribution is -2.47. The molecule has 140 valence electrons. The van der Waals surface area contributed by atoms with Crippen molar-refractivity contribution >= 4 is 49.7 Å². The maximum atomic E-state index is 13.6. The number of hydrogen-bond acceptors (Lipinski definition) is 8. The Balaban J connectivity index is 1.52. The highest BCUT2D eigenvalue weighted by Gasteiger charge is 2.39. The molecule has 11 heteroatoms. The van der Waals surface area contributed by atoms with Gasteiger partial charge in [-0.1, -0.05) is 35.2 Å². The van der Waals surface area contributed by atoms with E-state index in [2.05, 4.69) is 20.8 Å². The van der Waals surface area contributed by atoms with Crippen LogP contribution in [0.15, 0.2) is 28.6 Å². The number of aromatic nitrogens is 2. The van der Waals surface area contributed by atoms with Crippen molar-refractivity contribution in [1.29, 1.82) is 0 Å². The van der Waals surface area contributed by atoms with Gasteiger partial charge in [0.1, 0.15) is 5.82 Å². The molecule has 1 aliphatic rings. The van der Waals surface area contributed by atoms with Gasteiger partial charge in [0.05, 0.1) is 28.5 Å². The highest BCUT2D eigenvalue weighted by Crippen LogP contribution is 2.29. The van der Waals surface area contributed by atoms with Gasteiger partial charge in [0.2, 0.25) is 11.0 Å². The number of amides is 1. The quantitative estimate of drug-likeness (QED) is 0.696. The summed E-state index contributed by atoms with van der Waals surface area (Å²) in [5, 5.41) is 13.9. The number of hydrogen-bond donors (Lipinski definition) is 2. The number of benzene rings is 1. The lowest BCUT2D eigenvalue weighted by atomic mass is 10.0. The standard InChI is InChI=1S/C15H17FN4O3S3/c1-15(6-7-26(22,23)9-15)18-12(21)8-24-14-20-19-13(25-14)17-11-5-3-2-4-10(11)16/h2-5H,6-9H2,1H3,(H,17,19)(H,18,21).